The molecular weight excluding hydrogens is 244 g/mol. The van der Waals surface area contributed by atoms with E-state index in [0.29, 0.717) is 11.6 Å². The molecule has 2 fully saturated rings. The summed E-state index contributed by atoms with van der Waals surface area (Å²) in [6.45, 7) is 8.37. The van der Waals surface area contributed by atoms with Crippen molar-refractivity contribution in [1.29, 1.82) is 0 Å². The van der Waals surface area contributed by atoms with Crippen molar-refractivity contribution in [3.8, 4) is 0 Å². The number of hydrogen-bond donors (Lipinski definition) is 1. The Balaban J connectivity index is 1.79. The molecule has 2 heteroatoms. The summed E-state index contributed by atoms with van der Waals surface area (Å²) >= 11 is 0. The van der Waals surface area contributed by atoms with Crippen molar-refractivity contribution in [1.82, 2.24) is 10.2 Å². The summed E-state index contributed by atoms with van der Waals surface area (Å²) in [7, 11) is 0. The van der Waals surface area contributed by atoms with Gasteiger partial charge in [0.15, 0.2) is 0 Å². The van der Waals surface area contributed by atoms with Gasteiger partial charge in [0.25, 0.3) is 0 Å². The van der Waals surface area contributed by atoms with Crippen LogP contribution in [0.2, 0.25) is 0 Å². The largest absolute Gasteiger partial charge is 0.310 e. The second kappa shape index (κ2) is 5.87. The quantitative estimate of drug-likeness (QED) is 0.901. The maximum Gasteiger partial charge on any atom is 0.0346 e. The molecule has 1 N–H and O–H groups in total. The topological polar surface area (TPSA) is 15.3 Å². The van der Waals surface area contributed by atoms with E-state index in [1.807, 2.05) is 0 Å². The molecule has 2 nitrogen and oxygen atoms in total. The molecule has 1 aromatic rings. The molecule has 0 amide bonds. The van der Waals surface area contributed by atoms with Gasteiger partial charge in [-0.25, -0.2) is 0 Å². The fourth-order valence-electron chi connectivity index (χ4n) is 3.85. The molecule has 1 saturated heterocycles. The van der Waals surface area contributed by atoms with Gasteiger partial charge in [-0.2, -0.15) is 0 Å². The van der Waals surface area contributed by atoms with Gasteiger partial charge < -0.3 is 5.32 Å². The predicted octanol–water partition coefficient (Wildman–Crippen LogP) is 3.60. The summed E-state index contributed by atoms with van der Waals surface area (Å²) in [5.41, 5.74) is 1.81. The number of nitrogens with zero attached hydrogens (tertiary/aromatic N) is 1. The van der Waals surface area contributed by atoms with Crippen molar-refractivity contribution >= 4 is 0 Å². The second-order valence-corrected chi connectivity index (χ2v) is 6.78. The molecule has 1 aliphatic carbocycles. The summed E-state index contributed by atoms with van der Waals surface area (Å²) in [4.78, 5) is 2.73. The van der Waals surface area contributed by atoms with E-state index in [1.165, 1.54) is 50.9 Å². The molecule has 0 radical (unpaired) electrons. The number of hydrogen-bond acceptors (Lipinski definition) is 2. The van der Waals surface area contributed by atoms with Crippen LogP contribution >= 0.6 is 0 Å². The zero-order valence-electron chi connectivity index (χ0n) is 12.9. The lowest BCUT2D eigenvalue weighted by Gasteiger charge is -2.38. The van der Waals surface area contributed by atoms with Crippen LogP contribution in [0.5, 0.6) is 0 Å². The fraction of sp³-hybridized carbons (Fsp3) is 0.667. The van der Waals surface area contributed by atoms with E-state index in [4.69, 9.17) is 0 Å². The molecular formula is C18H28N2. The van der Waals surface area contributed by atoms with Crippen molar-refractivity contribution in [2.24, 2.45) is 5.92 Å². The monoisotopic (exact) mass is 272 g/mol. The Morgan fingerprint density at radius 1 is 1.30 bits per heavy atom. The third kappa shape index (κ3) is 2.91. The van der Waals surface area contributed by atoms with Gasteiger partial charge in [-0.15, -0.1) is 0 Å². The minimum atomic E-state index is 0.332. The highest BCUT2D eigenvalue weighted by Crippen LogP contribution is 2.41. The summed E-state index contributed by atoms with van der Waals surface area (Å²) in [6, 6.07) is 11.6. The standard InChI is InChI=1S/C18H28N2/c1-3-17(15-8-5-4-6-9-15)20-13-7-12-19-18(2,14-20)16-10-11-16/h4-6,8-9,16-17,19H,3,7,10-14H2,1-2H3. The van der Waals surface area contributed by atoms with Crippen molar-refractivity contribution in [3.63, 3.8) is 0 Å². The molecule has 1 saturated carbocycles. The molecule has 20 heavy (non-hydrogen) atoms. The molecule has 2 atom stereocenters. The Bertz CT molecular complexity index is 426. The molecule has 110 valence electrons. The molecule has 2 aliphatic rings. The number of nitrogens with one attached hydrogen (secondary N) is 1. The van der Waals surface area contributed by atoms with Crippen molar-refractivity contribution < 1.29 is 0 Å². The smallest absolute Gasteiger partial charge is 0.0346 e. The summed E-state index contributed by atoms with van der Waals surface area (Å²) < 4.78 is 0. The van der Waals surface area contributed by atoms with Gasteiger partial charge in [-0.05, 0) is 50.6 Å². The van der Waals surface area contributed by atoms with Crippen LogP contribution in [0.1, 0.15) is 51.1 Å². The molecule has 0 spiro atoms. The van der Waals surface area contributed by atoms with Crippen LogP contribution in [0.15, 0.2) is 30.3 Å². The third-order valence-electron chi connectivity index (χ3n) is 5.17. The van der Waals surface area contributed by atoms with Gasteiger partial charge >= 0.3 is 0 Å². The number of rotatable bonds is 4. The summed E-state index contributed by atoms with van der Waals surface area (Å²) in [5, 5.41) is 3.84. The van der Waals surface area contributed by atoms with Crippen molar-refractivity contribution in [2.75, 3.05) is 19.6 Å². The minimum absolute atomic E-state index is 0.332. The molecule has 3 rings (SSSR count). The SMILES string of the molecule is CCC(c1ccccc1)N1CCCNC(C)(C2CC2)C1. The number of benzene rings is 1. The molecule has 0 bridgehead atoms. The highest BCUT2D eigenvalue weighted by atomic mass is 15.2. The van der Waals surface area contributed by atoms with Gasteiger partial charge in [-0.1, -0.05) is 37.3 Å². The van der Waals surface area contributed by atoms with Crippen molar-refractivity contribution in [3.05, 3.63) is 35.9 Å². The van der Waals surface area contributed by atoms with E-state index in [2.05, 4.69) is 54.4 Å². The van der Waals surface area contributed by atoms with E-state index in [-0.39, 0.29) is 0 Å². The van der Waals surface area contributed by atoms with Gasteiger partial charge in [0, 0.05) is 24.7 Å². The minimum Gasteiger partial charge on any atom is -0.310 e. The molecule has 2 unspecified atom stereocenters. The normalized spacial score (nSPS) is 29.9. The first-order valence-electron chi connectivity index (χ1n) is 8.27. The van der Waals surface area contributed by atoms with E-state index in [9.17, 15) is 0 Å². The third-order valence-corrected chi connectivity index (χ3v) is 5.17. The average molecular weight is 272 g/mol. The van der Waals surface area contributed by atoms with Crippen molar-refractivity contribution in [2.45, 2.75) is 51.1 Å². The van der Waals surface area contributed by atoms with Crippen LogP contribution < -0.4 is 5.32 Å². The highest BCUT2D eigenvalue weighted by molar-refractivity contribution is 5.19. The van der Waals surface area contributed by atoms with E-state index in [1.54, 1.807) is 0 Å². The molecule has 1 aromatic carbocycles. The second-order valence-electron chi connectivity index (χ2n) is 6.78. The Hall–Kier alpha value is -0.860. The molecule has 1 aliphatic heterocycles. The van der Waals surface area contributed by atoms with Gasteiger partial charge in [0.1, 0.15) is 0 Å². The van der Waals surface area contributed by atoms with E-state index < -0.39 is 0 Å². The zero-order chi connectivity index (χ0) is 14.0. The predicted molar refractivity (Wildman–Crippen MR) is 84.8 cm³/mol. The summed E-state index contributed by atoms with van der Waals surface area (Å²) in [6.07, 6.45) is 5.30. The van der Waals surface area contributed by atoms with Gasteiger partial charge in [0.05, 0.1) is 0 Å². The molecule has 1 heterocycles. The van der Waals surface area contributed by atoms with Gasteiger partial charge in [0.2, 0.25) is 0 Å². The first kappa shape index (κ1) is 14.1. The Labute approximate surface area is 123 Å². The summed E-state index contributed by atoms with van der Waals surface area (Å²) in [5.74, 6) is 0.899. The van der Waals surface area contributed by atoms with Crippen LogP contribution in [-0.2, 0) is 0 Å². The van der Waals surface area contributed by atoms with Gasteiger partial charge in [-0.3, -0.25) is 4.90 Å². The van der Waals surface area contributed by atoms with Crippen LogP contribution in [0.25, 0.3) is 0 Å². The lowest BCUT2D eigenvalue weighted by atomic mass is 9.93. The van der Waals surface area contributed by atoms with Crippen LogP contribution in [-0.4, -0.2) is 30.1 Å². The van der Waals surface area contributed by atoms with Crippen LogP contribution in [0.3, 0.4) is 0 Å². The Morgan fingerprint density at radius 2 is 2.05 bits per heavy atom. The average Bonchev–Trinajstić information content (AvgIpc) is 3.29. The Kier molecular flexibility index (Phi) is 4.13. The maximum atomic E-state index is 3.84. The maximum absolute atomic E-state index is 3.84. The lowest BCUT2D eigenvalue weighted by molar-refractivity contribution is 0.147. The highest BCUT2D eigenvalue weighted by Gasteiger charge is 2.43. The zero-order valence-corrected chi connectivity index (χ0v) is 12.9. The lowest BCUT2D eigenvalue weighted by Crippen LogP contribution is -2.51. The first-order valence-corrected chi connectivity index (χ1v) is 8.27. The molecule has 0 aromatic heterocycles. The van der Waals surface area contributed by atoms with E-state index in [0.717, 1.165) is 5.92 Å². The van der Waals surface area contributed by atoms with Crippen LogP contribution in [0.4, 0.5) is 0 Å². The van der Waals surface area contributed by atoms with Crippen LogP contribution in [0, 0.1) is 5.92 Å². The first-order chi connectivity index (χ1) is 9.73. The Morgan fingerprint density at radius 3 is 2.70 bits per heavy atom. The fourth-order valence-corrected chi connectivity index (χ4v) is 3.85. The van der Waals surface area contributed by atoms with E-state index >= 15 is 0 Å².